The Morgan fingerprint density at radius 3 is 2.53 bits per heavy atom. The largest absolute Gasteiger partial charge is 0.374 e. The number of rotatable bonds is 5. The van der Waals surface area contributed by atoms with Crippen LogP contribution >= 0.6 is 15.9 Å². The summed E-state index contributed by atoms with van der Waals surface area (Å²) in [5.74, 6) is -3.77. The molecule has 0 bridgehead atoms. The molecule has 36 heavy (non-hydrogen) atoms. The van der Waals surface area contributed by atoms with Gasteiger partial charge in [0.2, 0.25) is 5.56 Å². The molecule has 2 aliphatic heterocycles. The summed E-state index contributed by atoms with van der Waals surface area (Å²) >= 11 is 3.21. The molecule has 2 aliphatic rings. The molecule has 0 aliphatic carbocycles. The minimum absolute atomic E-state index is 0.000616. The van der Waals surface area contributed by atoms with Crippen molar-refractivity contribution in [3.8, 4) is 0 Å². The molecular weight excluding hydrogens is 544 g/mol. The summed E-state index contributed by atoms with van der Waals surface area (Å²) in [6.45, 7) is 0.323. The van der Waals surface area contributed by atoms with E-state index in [9.17, 15) is 33.3 Å². The number of H-pyrrole nitrogens is 1. The van der Waals surface area contributed by atoms with E-state index in [-0.39, 0.29) is 48.0 Å². The minimum atomic E-state index is -2.84. The van der Waals surface area contributed by atoms with Crippen molar-refractivity contribution < 1.29 is 23.3 Å². The molecule has 1 atom stereocenters. The van der Waals surface area contributed by atoms with E-state index in [1.54, 1.807) is 4.90 Å². The second kappa shape index (κ2) is 10.3. The van der Waals surface area contributed by atoms with Gasteiger partial charge >= 0.3 is 0 Å². The summed E-state index contributed by atoms with van der Waals surface area (Å²) in [7, 11) is 0. The summed E-state index contributed by atoms with van der Waals surface area (Å²) in [5, 5.41) is 15.0. The maximum Gasteiger partial charge on any atom is 0.294 e. The van der Waals surface area contributed by atoms with Crippen LogP contribution in [0.1, 0.15) is 46.4 Å². The number of piperidine rings is 2. The van der Waals surface area contributed by atoms with Crippen LogP contribution in [0.25, 0.3) is 0 Å². The molecule has 0 saturated carbocycles. The Morgan fingerprint density at radius 1 is 1.14 bits per heavy atom. The van der Waals surface area contributed by atoms with Gasteiger partial charge in [0.1, 0.15) is 5.69 Å². The SMILES string of the molecule is O=C(c1cc[nH]c(=O)c1)N1CCC[C@@H](Nc2c(C(=O)N3CCC(F)(F)CC3)cc(Br)cc2[N+](=O)[O-])C1. The number of hydrogen-bond donors (Lipinski definition) is 2. The molecule has 4 rings (SSSR count). The molecule has 3 heterocycles. The topological polar surface area (TPSA) is 129 Å². The number of aromatic amines is 1. The van der Waals surface area contributed by atoms with E-state index < -0.39 is 41.2 Å². The molecule has 2 aromatic rings. The van der Waals surface area contributed by atoms with Crippen LogP contribution in [0.3, 0.4) is 0 Å². The van der Waals surface area contributed by atoms with E-state index in [2.05, 4.69) is 26.2 Å². The predicted octanol–water partition coefficient (Wildman–Crippen LogP) is 3.63. The fourth-order valence-electron chi connectivity index (χ4n) is 4.51. The van der Waals surface area contributed by atoms with Gasteiger partial charge in [0, 0.05) is 73.4 Å². The fourth-order valence-corrected chi connectivity index (χ4v) is 4.95. The smallest absolute Gasteiger partial charge is 0.294 e. The standard InChI is InChI=1S/C23H24BrF2N5O5/c24-15-11-17(22(34)29-8-4-23(25,26)5-9-29)20(18(12-15)31(35)36)28-16-2-1-7-30(13-16)21(33)14-3-6-27-19(32)10-14/h3,6,10-12,16,28H,1-2,4-5,7-9,13H2,(H,27,32)/t16-/m1/s1. The molecule has 1 aromatic heterocycles. The number of carbonyl (C=O) groups is 2. The summed E-state index contributed by atoms with van der Waals surface area (Å²) in [5.41, 5.74) is -0.531. The van der Waals surface area contributed by atoms with Crippen LogP contribution in [-0.4, -0.2) is 69.7 Å². The number of halogens is 3. The van der Waals surface area contributed by atoms with E-state index in [0.717, 1.165) is 0 Å². The second-order valence-electron chi connectivity index (χ2n) is 8.93. The lowest BCUT2D eigenvalue weighted by Gasteiger charge is -2.35. The lowest BCUT2D eigenvalue weighted by Crippen LogP contribution is -2.46. The van der Waals surface area contributed by atoms with Crippen LogP contribution in [0.15, 0.2) is 39.7 Å². The number of benzene rings is 1. The van der Waals surface area contributed by atoms with Gasteiger partial charge in [-0.05, 0) is 25.0 Å². The predicted molar refractivity (Wildman–Crippen MR) is 130 cm³/mol. The first-order chi connectivity index (χ1) is 17.0. The number of anilines is 1. The Morgan fingerprint density at radius 2 is 1.86 bits per heavy atom. The Hall–Kier alpha value is -3.35. The molecule has 13 heteroatoms. The zero-order valence-electron chi connectivity index (χ0n) is 19.1. The molecule has 2 N–H and O–H groups in total. The third kappa shape index (κ3) is 5.72. The van der Waals surface area contributed by atoms with Gasteiger partial charge < -0.3 is 20.1 Å². The number of amides is 2. The van der Waals surface area contributed by atoms with Crippen molar-refractivity contribution in [3.05, 3.63) is 66.5 Å². The van der Waals surface area contributed by atoms with Crippen LogP contribution in [-0.2, 0) is 0 Å². The van der Waals surface area contributed by atoms with E-state index in [0.29, 0.717) is 23.9 Å². The number of nitro benzene ring substituents is 1. The number of pyridine rings is 1. The Balaban J connectivity index is 1.59. The van der Waals surface area contributed by atoms with Gasteiger partial charge in [0.05, 0.1) is 10.5 Å². The van der Waals surface area contributed by atoms with E-state index in [4.69, 9.17) is 0 Å². The monoisotopic (exact) mass is 567 g/mol. The van der Waals surface area contributed by atoms with Crippen LogP contribution in [0.5, 0.6) is 0 Å². The maximum atomic E-state index is 13.6. The van der Waals surface area contributed by atoms with Crippen molar-refractivity contribution in [2.45, 2.75) is 37.6 Å². The van der Waals surface area contributed by atoms with Crippen LogP contribution in [0.2, 0.25) is 0 Å². The first-order valence-corrected chi connectivity index (χ1v) is 12.2. The van der Waals surface area contributed by atoms with Crippen molar-refractivity contribution in [2.24, 2.45) is 0 Å². The highest BCUT2D eigenvalue weighted by molar-refractivity contribution is 9.10. The number of nitrogens with zero attached hydrogens (tertiary/aromatic N) is 3. The van der Waals surface area contributed by atoms with Crippen molar-refractivity contribution >= 4 is 39.1 Å². The van der Waals surface area contributed by atoms with Crippen molar-refractivity contribution in [2.75, 3.05) is 31.5 Å². The first-order valence-electron chi connectivity index (χ1n) is 11.4. The van der Waals surface area contributed by atoms with E-state index >= 15 is 0 Å². The lowest BCUT2D eigenvalue weighted by molar-refractivity contribution is -0.384. The van der Waals surface area contributed by atoms with Gasteiger partial charge in [-0.25, -0.2) is 8.78 Å². The highest BCUT2D eigenvalue weighted by Crippen LogP contribution is 2.36. The van der Waals surface area contributed by atoms with Gasteiger partial charge in [-0.3, -0.25) is 24.5 Å². The maximum absolute atomic E-state index is 13.6. The zero-order chi connectivity index (χ0) is 26.0. The Bertz CT molecular complexity index is 1240. The third-order valence-electron chi connectivity index (χ3n) is 6.37. The summed E-state index contributed by atoms with van der Waals surface area (Å²) in [4.78, 5) is 54.3. The molecular formula is C23H24BrF2N5O5. The van der Waals surface area contributed by atoms with Gasteiger partial charge in [0.15, 0.2) is 0 Å². The molecule has 192 valence electrons. The molecule has 2 saturated heterocycles. The van der Waals surface area contributed by atoms with Crippen LogP contribution in [0.4, 0.5) is 20.2 Å². The first kappa shape index (κ1) is 25.7. The molecule has 0 unspecified atom stereocenters. The number of nitro groups is 1. The Kier molecular flexibility index (Phi) is 7.38. The minimum Gasteiger partial charge on any atom is -0.374 e. The lowest BCUT2D eigenvalue weighted by atomic mass is 10.0. The van der Waals surface area contributed by atoms with E-state index in [1.165, 1.54) is 35.4 Å². The third-order valence-corrected chi connectivity index (χ3v) is 6.83. The zero-order valence-corrected chi connectivity index (χ0v) is 20.7. The summed E-state index contributed by atoms with van der Waals surface area (Å²) < 4.78 is 27.5. The molecule has 2 fully saturated rings. The highest BCUT2D eigenvalue weighted by Gasteiger charge is 2.37. The van der Waals surface area contributed by atoms with Gasteiger partial charge in [-0.2, -0.15) is 0 Å². The summed E-state index contributed by atoms with van der Waals surface area (Å²) in [6, 6.07) is 5.00. The second-order valence-corrected chi connectivity index (χ2v) is 9.84. The van der Waals surface area contributed by atoms with Gasteiger partial charge in [-0.1, -0.05) is 15.9 Å². The fraction of sp³-hybridized carbons (Fsp3) is 0.435. The number of carbonyl (C=O) groups excluding carboxylic acids is 2. The molecule has 10 nitrogen and oxygen atoms in total. The molecule has 2 amide bonds. The normalized spacial score (nSPS) is 19.6. The van der Waals surface area contributed by atoms with Crippen LogP contribution < -0.4 is 10.9 Å². The van der Waals surface area contributed by atoms with Crippen LogP contribution in [0, 0.1) is 10.1 Å². The summed E-state index contributed by atoms with van der Waals surface area (Å²) in [6.07, 6.45) is 1.62. The number of nitrogens with one attached hydrogen (secondary N) is 2. The number of hydrogen-bond acceptors (Lipinski definition) is 6. The van der Waals surface area contributed by atoms with E-state index in [1.807, 2.05) is 0 Å². The number of aromatic nitrogens is 1. The quantitative estimate of drug-likeness (QED) is 0.419. The number of likely N-dealkylation sites (tertiary alicyclic amines) is 2. The molecule has 1 aromatic carbocycles. The van der Waals surface area contributed by atoms with Gasteiger partial charge in [-0.15, -0.1) is 0 Å². The highest BCUT2D eigenvalue weighted by atomic mass is 79.9. The van der Waals surface area contributed by atoms with Crippen molar-refractivity contribution in [3.63, 3.8) is 0 Å². The Labute approximate surface area is 212 Å². The van der Waals surface area contributed by atoms with Crippen molar-refractivity contribution in [1.82, 2.24) is 14.8 Å². The average molecular weight is 568 g/mol. The molecule has 0 radical (unpaired) electrons. The molecule has 0 spiro atoms. The van der Waals surface area contributed by atoms with Gasteiger partial charge in [0.25, 0.3) is 23.4 Å². The average Bonchev–Trinajstić information content (AvgIpc) is 2.84. The number of alkyl halides is 2. The van der Waals surface area contributed by atoms with Crippen molar-refractivity contribution in [1.29, 1.82) is 0 Å².